The van der Waals surface area contributed by atoms with E-state index in [1.165, 1.54) is 0 Å². The predicted octanol–water partition coefficient (Wildman–Crippen LogP) is 1.77. The highest BCUT2D eigenvalue weighted by Crippen LogP contribution is 2.20. The summed E-state index contributed by atoms with van der Waals surface area (Å²) >= 11 is 0. The molecule has 0 amide bonds. The van der Waals surface area contributed by atoms with Gasteiger partial charge in [-0.3, -0.25) is 0 Å². The Bertz CT molecular complexity index is 554. The van der Waals surface area contributed by atoms with Crippen LogP contribution in [-0.4, -0.2) is 27.2 Å². The highest BCUT2D eigenvalue weighted by Gasteiger charge is 2.12. The van der Waals surface area contributed by atoms with Gasteiger partial charge in [0.15, 0.2) is 0 Å². The number of aliphatic hydroxyl groups is 1. The van der Waals surface area contributed by atoms with Crippen LogP contribution in [0.5, 0.6) is 11.5 Å². The van der Waals surface area contributed by atoms with Crippen molar-refractivity contribution in [2.45, 2.75) is 33.1 Å². The van der Waals surface area contributed by atoms with Gasteiger partial charge in [-0.15, -0.1) is 5.10 Å². The summed E-state index contributed by atoms with van der Waals surface area (Å²) in [7, 11) is 1.61. The second-order valence-electron chi connectivity index (χ2n) is 4.33. The lowest BCUT2D eigenvalue weighted by molar-refractivity contribution is 0.261. The third-order valence-corrected chi connectivity index (χ3v) is 2.92. The van der Waals surface area contributed by atoms with E-state index in [9.17, 15) is 5.11 Å². The van der Waals surface area contributed by atoms with Gasteiger partial charge in [0, 0.05) is 12.6 Å². The molecule has 0 atom stereocenters. The summed E-state index contributed by atoms with van der Waals surface area (Å²) in [5.41, 5.74) is 1.36. The molecule has 0 bridgehead atoms. The smallest absolute Gasteiger partial charge is 0.132 e. The Balaban J connectivity index is 2.11. The van der Waals surface area contributed by atoms with E-state index < -0.39 is 0 Å². The summed E-state index contributed by atoms with van der Waals surface area (Å²) in [5, 5.41) is 17.3. The molecule has 6 nitrogen and oxygen atoms in total. The second-order valence-corrected chi connectivity index (χ2v) is 4.33. The van der Waals surface area contributed by atoms with E-state index in [-0.39, 0.29) is 6.61 Å². The van der Waals surface area contributed by atoms with E-state index in [0.717, 1.165) is 24.4 Å². The van der Waals surface area contributed by atoms with Crippen LogP contribution in [0.15, 0.2) is 24.3 Å². The largest absolute Gasteiger partial charge is 0.497 e. The van der Waals surface area contributed by atoms with Crippen LogP contribution in [0.1, 0.15) is 24.7 Å². The minimum Gasteiger partial charge on any atom is -0.497 e. The topological polar surface area (TPSA) is 69.4 Å². The molecule has 0 spiro atoms. The Morgan fingerprint density at radius 2 is 2.10 bits per heavy atom. The SMILES string of the molecule is CCCn1nnc(CO)c1COc1cccc(OC)c1. The van der Waals surface area contributed by atoms with Gasteiger partial charge in [-0.1, -0.05) is 18.2 Å². The van der Waals surface area contributed by atoms with Crippen molar-refractivity contribution in [3.63, 3.8) is 0 Å². The summed E-state index contributed by atoms with van der Waals surface area (Å²) in [5.74, 6) is 1.45. The van der Waals surface area contributed by atoms with Gasteiger partial charge in [0.1, 0.15) is 29.5 Å². The van der Waals surface area contributed by atoms with Gasteiger partial charge in [-0.2, -0.15) is 0 Å². The maximum atomic E-state index is 9.29. The number of aliphatic hydroxyl groups excluding tert-OH is 1. The molecule has 0 saturated heterocycles. The van der Waals surface area contributed by atoms with E-state index in [1.54, 1.807) is 11.8 Å². The normalized spacial score (nSPS) is 10.6. The van der Waals surface area contributed by atoms with Crippen molar-refractivity contribution in [3.05, 3.63) is 35.7 Å². The molecular formula is C14H19N3O3. The maximum Gasteiger partial charge on any atom is 0.132 e. The Labute approximate surface area is 117 Å². The first kappa shape index (κ1) is 14.3. The molecular weight excluding hydrogens is 258 g/mol. The van der Waals surface area contributed by atoms with Crippen LogP contribution >= 0.6 is 0 Å². The van der Waals surface area contributed by atoms with Gasteiger partial charge in [-0.25, -0.2) is 4.68 Å². The molecule has 0 aliphatic carbocycles. The van der Waals surface area contributed by atoms with E-state index in [0.29, 0.717) is 18.1 Å². The third-order valence-electron chi connectivity index (χ3n) is 2.92. The maximum absolute atomic E-state index is 9.29. The molecule has 1 heterocycles. The number of nitrogens with zero attached hydrogens (tertiary/aromatic N) is 3. The first-order valence-electron chi connectivity index (χ1n) is 6.57. The molecule has 6 heteroatoms. The summed E-state index contributed by atoms with van der Waals surface area (Å²) in [6.45, 7) is 2.99. The van der Waals surface area contributed by atoms with Gasteiger partial charge in [0.25, 0.3) is 0 Å². The van der Waals surface area contributed by atoms with E-state index in [1.807, 2.05) is 24.3 Å². The quantitative estimate of drug-likeness (QED) is 0.835. The van der Waals surface area contributed by atoms with E-state index in [2.05, 4.69) is 17.2 Å². The molecule has 2 aromatic rings. The molecule has 1 aromatic heterocycles. The van der Waals surface area contributed by atoms with Crippen LogP contribution in [0.3, 0.4) is 0 Å². The summed E-state index contributed by atoms with van der Waals surface area (Å²) in [6.07, 6.45) is 0.945. The lowest BCUT2D eigenvalue weighted by Crippen LogP contribution is -2.09. The molecule has 0 unspecified atom stereocenters. The number of hydrogen-bond donors (Lipinski definition) is 1. The number of rotatable bonds is 7. The Hall–Kier alpha value is -2.08. The number of methoxy groups -OCH3 is 1. The molecule has 1 aromatic carbocycles. The van der Waals surface area contributed by atoms with Crippen molar-refractivity contribution in [3.8, 4) is 11.5 Å². The summed E-state index contributed by atoms with van der Waals surface area (Å²) in [6, 6.07) is 7.39. The van der Waals surface area contributed by atoms with Gasteiger partial charge >= 0.3 is 0 Å². The van der Waals surface area contributed by atoms with Crippen molar-refractivity contribution in [1.29, 1.82) is 0 Å². The molecule has 108 valence electrons. The van der Waals surface area contributed by atoms with Crippen molar-refractivity contribution in [1.82, 2.24) is 15.0 Å². The molecule has 0 saturated carbocycles. The van der Waals surface area contributed by atoms with E-state index >= 15 is 0 Å². The fraction of sp³-hybridized carbons (Fsp3) is 0.429. The monoisotopic (exact) mass is 277 g/mol. The number of ether oxygens (including phenoxy) is 2. The zero-order chi connectivity index (χ0) is 14.4. The summed E-state index contributed by atoms with van der Waals surface area (Å²) in [4.78, 5) is 0. The van der Waals surface area contributed by atoms with Gasteiger partial charge in [0.05, 0.1) is 13.7 Å². The van der Waals surface area contributed by atoms with Crippen LogP contribution in [0, 0.1) is 0 Å². The van der Waals surface area contributed by atoms with Crippen LogP contribution in [0.25, 0.3) is 0 Å². The second kappa shape index (κ2) is 6.91. The predicted molar refractivity (Wildman–Crippen MR) is 73.6 cm³/mol. The molecule has 1 N–H and O–H groups in total. The lowest BCUT2D eigenvalue weighted by Gasteiger charge is -2.09. The van der Waals surface area contributed by atoms with Crippen LogP contribution in [0.4, 0.5) is 0 Å². The lowest BCUT2D eigenvalue weighted by atomic mass is 10.3. The zero-order valence-electron chi connectivity index (χ0n) is 11.7. The molecule has 2 rings (SSSR count). The minimum absolute atomic E-state index is 0.138. The number of hydrogen-bond acceptors (Lipinski definition) is 5. The highest BCUT2D eigenvalue weighted by molar-refractivity contribution is 5.33. The van der Waals surface area contributed by atoms with Gasteiger partial charge in [-0.05, 0) is 18.6 Å². The van der Waals surface area contributed by atoms with Crippen molar-refractivity contribution in [2.24, 2.45) is 0 Å². The molecule has 0 fully saturated rings. The molecule has 0 aliphatic rings. The standard InChI is InChI=1S/C14H19N3O3/c1-3-7-17-14(13(9-18)15-16-17)10-20-12-6-4-5-11(8-12)19-2/h4-6,8,18H,3,7,9-10H2,1-2H3. The van der Waals surface area contributed by atoms with Crippen molar-refractivity contribution >= 4 is 0 Å². The molecule has 20 heavy (non-hydrogen) atoms. The molecule has 0 aliphatic heterocycles. The highest BCUT2D eigenvalue weighted by atomic mass is 16.5. The van der Waals surface area contributed by atoms with Crippen LogP contribution in [-0.2, 0) is 19.8 Å². The first-order chi connectivity index (χ1) is 9.78. The zero-order valence-corrected chi connectivity index (χ0v) is 11.7. The average molecular weight is 277 g/mol. The molecule has 0 radical (unpaired) electrons. The van der Waals surface area contributed by atoms with Crippen LogP contribution in [0.2, 0.25) is 0 Å². The van der Waals surface area contributed by atoms with Crippen molar-refractivity contribution < 1.29 is 14.6 Å². The Kier molecular flexibility index (Phi) is 4.95. The summed E-state index contributed by atoms with van der Waals surface area (Å²) < 4.78 is 12.6. The first-order valence-corrected chi connectivity index (χ1v) is 6.57. The number of aromatic nitrogens is 3. The van der Waals surface area contributed by atoms with Gasteiger partial charge in [0.2, 0.25) is 0 Å². The average Bonchev–Trinajstić information content (AvgIpc) is 2.88. The fourth-order valence-corrected chi connectivity index (χ4v) is 1.88. The number of benzene rings is 1. The Morgan fingerprint density at radius 1 is 1.30 bits per heavy atom. The minimum atomic E-state index is -0.138. The fourth-order valence-electron chi connectivity index (χ4n) is 1.88. The van der Waals surface area contributed by atoms with Crippen LogP contribution < -0.4 is 9.47 Å². The van der Waals surface area contributed by atoms with Crippen molar-refractivity contribution in [2.75, 3.05) is 7.11 Å². The Morgan fingerprint density at radius 3 is 2.80 bits per heavy atom. The van der Waals surface area contributed by atoms with Gasteiger partial charge < -0.3 is 14.6 Å². The van der Waals surface area contributed by atoms with E-state index in [4.69, 9.17) is 9.47 Å². The third kappa shape index (κ3) is 3.27. The number of aryl methyl sites for hydroxylation is 1.